The Morgan fingerprint density at radius 2 is 2.39 bits per heavy atom. The number of nitrogens with one attached hydrogen (secondary N) is 1. The summed E-state index contributed by atoms with van der Waals surface area (Å²) in [5.41, 5.74) is 1.85. The number of anilines is 1. The maximum atomic E-state index is 4.42. The summed E-state index contributed by atoms with van der Waals surface area (Å²) in [5.74, 6) is 0.752. The minimum atomic E-state index is 0.743. The topological polar surface area (TPSA) is 68.0 Å². The number of aromatic nitrogens is 5. The van der Waals surface area contributed by atoms with Gasteiger partial charge >= 0.3 is 0 Å². The van der Waals surface area contributed by atoms with Crippen LogP contribution in [0.5, 0.6) is 0 Å². The standard InChI is InChI=1S/C11H12N6S/c1-8-15-9(6-18-8)2-3-12-10-11-16-14-7-17(11)5-4-13-10/h4-7H,2-3H2,1H3,(H,12,13). The van der Waals surface area contributed by atoms with E-state index in [1.165, 1.54) is 0 Å². The Labute approximate surface area is 108 Å². The first-order valence-corrected chi connectivity index (χ1v) is 6.50. The first kappa shape index (κ1) is 11.1. The quantitative estimate of drug-likeness (QED) is 0.770. The van der Waals surface area contributed by atoms with Crippen LogP contribution in [0.3, 0.4) is 0 Å². The smallest absolute Gasteiger partial charge is 0.203 e. The van der Waals surface area contributed by atoms with Crippen LogP contribution in [0.2, 0.25) is 0 Å². The summed E-state index contributed by atoms with van der Waals surface area (Å²) < 4.78 is 1.84. The van der Waals surface area contributed by atoms with Gasteiger partial charge in [0.2, 0.25) is 5.65 Å². The van der Waals surface area contributed by atoms with Crippen molar-refractivity contribution in [2.45, 2.75) is 13.3 Å². The number of hydrogen-bond acceptors (Lipinski definition) is 6. The van der Waals surface area contributed by atoms with Crippen molar-refractivity contribution in [3.05, 3.63) is 34.8 Å². The minimum Gasteiger partial charge on any atom is -0.367 e. The third-order valence-corrected chi connectivity index (χ3v) is 3.38. The zero-order chi connectivity index (χ0) is 12.4. The second-order valence-corrected chi connectivity index (χ2v) is 4.93. The highest BCUT2D eigenvalue weighted by Crippen LogP contribution is 2.11. The van der Waals surface area contributed by atoms with Gasteiger partial charge in [-0.2, -0.15) is 0 Å². The fourth-order valence-electron chi connectivity index (χ4n) is 1.72. The zero-order valence-corrected chi connectivity index (χ0v) is 10.7. The highest BCUT2D eigenvalue weighted by Gasteiger charge is 2.04. The average Bonchev–Trinajstić information content (AvgIpc) is 2.98. The van der Waals surface area contributed by atoms with Gasteiger partial charge in [-0.15, -0.1) is 21.5 Å². The van der Waals surface area contributed by atoms with E-state index in [0.717, 1.165) is 35.1 Å². The number of fused-ring (bicyclic) bond motifs is 1. The lowest BCUT2D eigenvalue weighted by Crippen LogP contribution is -2.08. The van der Waals surface area contributed by atoms with Crippen LogP contribution in [-0.2, 0) is 6.42 Å². The molecule has 0 saturated heterocycles. The van der Waals surface area contributed by atoms with Crippen molar-refractivity contribution in [2.24, 2.45) is 0 Å². The molecular weight excluding hydrogens is 248 g/mol. The summed E-state index contributed by atoms with van der Waals surface area (Å²) in [6, 6.07) is 0. The summed E-state index contributed by atoms with van der Waals surface area (Å²) in [4.78, 5) is 8.68. The first-order chi connectivity index (χ1) is 8.83. The van der Waals surface area contributed by atoms with Crippen molar-refractivity contribution in [1.82, 2.24) is 24.6 Å². The lowest BCUT2D eigenvalue weighted by Gasteiger charge is -2.04. The van der Waals surface area contributed by atoms with Crippen molar-refractivity contribution >= 4 is 22.8 Å². The van der Waals surface area contributed by atoms with E-state index in [-0.39, 0.29) is 0 Å². The van der Waals surface area contributed by atoms with Crippen molar-refractivity contribution in [1.29, 1.82) is 0 Å². The predicted octanol–water partition coefficient (Wildman–Crippen LogP) is 1.54. The van der Waals surface area contributed by atoms with Crippen LogP contribution < -0.4 is 5.32 Å². The molecule has 6 nitrogen and oxygen atoms in total. The largest absolute Gasteiger partial charge is 0.367 e. The van der Waals surface area contributed by atoms with Crippen molar-refractivity contribution in [3.63, 3.8) is 0 Å². The van der Waals surface area contributed by atoms with Crippen LogP contribution in [0, 0.1) is 6.92 Å². The Kier molecular flexibility index (Phi) is 2.89. The van der Waals surface area contributed by atoms with E-state index in [1.807, 2.05) is 17.5 Å². The van der Waals surface area contributed by atoms with Gasteiger partial charge in [0.25, 0.3) is 0 Å². The molecule has 18 heavy (non-hydrogen) atoms. The van der Waals surface area contributed by atoms with Crippen LogP contribution >= 0.6 is 11.3 Å². The molecule has 0 bridgehead atoms. The van der Waals surface area contributed by atoms with Gasteiger partial charge in [0.05, 0.1) is 10.7 Å². The summed E-state index contributed by atoms with van der Waals surface area (Å²) in [6.45, 7) is 2.79. The van der Waals surface area contributed by atoms with E-state index in [2.05, 4.69) is 30.9 Å². The number of rotatable bonds is 4. The van der Waals surface area contributed by atoms with Gasteiger partial charge in [0.15, 0.2) is 5.82 Å². The fourth-order valence-corrected chi connectivity index (χ4v) is 2.36. The van der Waals surface area contributed by atoms with Crippen molar-refractivity contribution < 1.29 is 0 Å². The fraction of sp³-hybridized carbons (Fsp3) is 0.273. The van der Waals surface area contributed by atoms with Crippen LogP contribution in [0.15, 0.2) is 24.1 Å². The van der Waals surface area contributed by atoms with Crippen LogP contribution in [0.4, 0.5) is 5.82 Å². The Morgan fingerprint density at radius 1 is 1.44 bits per heavy atom. The normalized spacial score (nSPS) is 10.9. The molecule has 0 amide bonds. The number of thiazole rings is 1. The van der Waals surface area contributed by atoms with Gasteiger partial charge in [0.1, 0.15) is 6.33 Å². The van der Waals surface area contributed by atoms with E-state index in [0.29, 0.717) is 0 Å². The van der Waals surface area contributed by atoms with Crippen LogP contribution in [0.1, 0.15) is 10.7 Å². The molecule has 0 atom stereocenters. The van der Waals surface area contributed by atoms with Crippen molar-refractivity contribution in [2.75, 3.05) is 11.9 Å². The Balaban J connectivity index is 1.68. The Morgan fingerprint density at radius 3 is 3.22 bits per heavy atom. The molecule has 92 valence electrons. The summed E-state index contributed by atoms with van der Waals surface area (Å²) in [6.07, 6.45) is 6.09. The number of nitrogens with zero attached hydrogens (tertiary/aromatic N) is 5. The van der Waals surface area contributed by atoms with Gasteiger partial charge in [-0.3, -0.25) is 4.40 Å². The zero-order valence-electron chi connectivity index (χ0n) is 9.87. The van der Waals surface area contributed by atoms with Gasteiger partial charge in [-0.1, -0.05) is 0 Å². The third-order valence-electron chi connectivity index (χ3n) is 2.56. The van der Waals surface area contributed by atoms with E-state index in [9.17, 15) is 0 Å². The number of hydrogen-bond donors (Lipinski definition) is 1. The molecule has 0 fully saturated rings. The molecule has 0 aliphatic rings. The van der Waals surface area contributed by atoms with Gasteiger partial charge in [0, 0.05) is 30.7 Å². The molecule has 0 aliphatic heterocycles. The van der Waals surface area contributed by atoms with Crippen LogP contribution in [0.25, 0.3) is 5.65 Å². The molecule has 3 aromatic heterocycles. The molecule has 3 heterocycles. The molecule has 3 rings (SSSR count). The summed E-state index contributed by atoms with van der Waals surface area (Å²) in [5, 5.41) is 14.3. The molecule has 3 aromatic rings. The highest BCUT2D eigenvalue weighted by atomic mass is 32.1. The molecule has 0 radical (unpaired) electrons. The van der Waals surface area contributed by atoms with E-state index in [1.54, 1.807) is 23.9 Å². The lowest BCUT2D eigenvalue weighted by atomic mass is 10.3. The maximum absolute atomic E-state index is 4.42. The lowest BCUT2D eigenvalue weighted by molar-refractivity contribution is 0.956. The molecule has 1 N–H and O–H groups in total. The van der Waals surface area contributed by atoms with Crippen molar-refractivity contribution in [3.8, 4) is 0 Å². The van der Waals surface area contributed by atoms with Gasteiger partial charge in [-0.25, -0.2) is 9.97 Å². The first-order valence-electron chi connectivity index (χ1n) is 5.62. The summed E-state index contributed by atoms with van der Waals surface area (Å²) >= 11 is 1.67. The average molecular weight is 260 g/mol. The van der Waals surface area contributed by atoms with Crippen LogP contribution in [-0.4, -0.2) is 31.1 Å². The van der Waals surface area contributed by atoms with Gasteiger partial charge < -0.3 is 5.32 Å². The van der Waals surface area contributed by atoms with E-state index < -0.39 is 0 Å². The summed E-state index contributed by atoms with van der Waals surface area (Å²) in [7, 11) is 0. The monoisotopic (exact) mass is 260 g/mol. The van der Waals surface area contributed by atoms with E-state index >= 15 is 0 Å². The molecule has 0 saturated carbocycles. The van der Waals surface area contributed by atoms with E-state index in [4.69, 9.17) is 0 Å². The second kappa shape index (κ2) is 4.69. The number of aryl methyl sites for hydroxylation is 1. The van der Waals surface area contributed by atoms with Gasteiger partial charge in [-0.05, 0) is 6.92 Å². The molecular formula is C11H12N6S. The maximum Gasteiger partial charge on any atom is 0.203 e. The second-order valence-electron chi connectivity index (χ2n) is 3.87. The third kappa shape index (κ3) is 2.17. The molecule has 0 aromatic carbocycles. The molecule has 0 aliphatic carbocycles. The Hall–Kier alpha value is -2.02. The predicted molar refractivity (Wildman–Crippen MR) is 69.8 cm³/mol. The highest BCUT2D eigenvalue weighted by molar-refractivity contribution is 7.09. The Bertz CT molecular complexity index is 658. The SMILES string of the molecule is Cc1nc(CCNc2nccn3cnnc23)cs1. The molecule has 7 heteroatoms. The molecule has 0 unspecified atom stereocenters. The minimum absolute atomic E-state index is 0.743. The molecule has 0 spiro atoms.